The molecule has 0 aliphatic heterocycles. The highest BCUT2D eigenvalue weighted by Gasteiger charge is 2.51. The number of hydrogen-bond donors (Lipinski definition) is 1. The van der Waals surface area contributed by atoms with Crippen LogP contribution in [0.1, 0.15) is 37.6 Å². The van der Waals surface area contributed by atoms with E-state index in [1.165, 1.54) is 18.2 Å². The third-order valence-electron chi connectivity index (χ3n) is 4.76. The van der Waals surface area contributed by atoms with E-state index in [1.807, 2.05) is 6.92 Å². The average molecular weight is 321 g/mol. The molecule has 7 nitrogen and oxygen atoms in total. The van der Waals surface area contributed by atoms with Gasteiger partial charge in [0, 0.05) is 36.7 Å². The molecule has 1 aliphatic rings. The van der Waals surface area contributed by atoms with E-state index in [1.54, 1.807) is 11.9 Å². The van der Waals surface area contributed by atoms with E-state index in [2.05, 4.69) is 13.8 Å². The molecule has 0 aromatic heterocycles. The number of anilines is 1. The molecular formula is C16H23N3O4. The summed E-state index contributed by atoms with van der Waals surface area (Å²) < 4.78 is 5.68. The van der Waals surface area contributed by atoms with Crippen LogP contribution in [0.15, 0.2) is 18.2 Å². The lowest BCUT2D eigenvalue weighted by Gasteiger charge is -2.54. The van der Waals surface area contributed by atoms with Gasteiger partial charge < -0.3 is 15.4 Å². The Morgan fingerprint density at radius 2 is 2.17 bits per heavy atom. The quantitative estimate of drug-likeness (QED) is 0.510. The van der Waals surface area contributed by atoms with Crippen LogP contribution >= 0.6 is 0 Å². The second-order valence-corrected chi connectivity index (χ2v) is 6.46. The molecule has 23 heavy (non-hydrogen) atoms. The van der Waals surface area contributed by atoms with Crippen LogP contribution in [0, 0.1) is 15.5 Å². The summed E-state index contributed by atoms with van der Waals surface area (Å²) >= 11 is 0. The van der Waals surface area contributed by atoms with Gasteiger partial charge in [-0.3, -0.25) is 14.9 Å². The average Bonchev–Trinajstić information content (AvgIpc) is 2.50. The molecule has 0 bridgehead atoms. The third-order valence-corrected chi connectivity index (χ3v) is 4.76. The van der Waals surface area contributed by atoms with Crippen LogP contribution in [0.4, 0.5) is 11.4 Å². The van der Waals surface area contributed by atoms with Gasteiger partial charge in [-0.05, 0) is 25.5 Å². The number of hydrogen-bond acceptors (Lipinski definition) is 5. The van der Waals surface area contributed by atoms with E-state index in [-0.39, 0.29) is 40.4 Å². The molecule has 1 amide bonds. The fraction of sp³-hybridized carbons (Fsp3) is 0.562. The van der Waals surface area contributed by atoms with E-state index in [0.717, 1.165) is 6.42 Å². The first kappa shape index (κ1) is 17.2. The predicted molar refractivity (Wildman–Crippen MR) is 87.2 cm³/mol. The number of carbonyl (C=O) groups is 1. The summed E-state index contributed by atoms with van der Waals surface area (Å²) in [5, 5.41) is 11.0. The van der Waals surface area contributed by atoms with Gasteiger partial charge in [-0.25, -0.2) is 0 Å². The minimum Gasteiger partial charge on any atom is -0.393 e. The molecule has 1 aromatic carbocycles. The van der Waals surface area contributed by atoms with Crippen LogP contribution in [0.3, 0.4) is 0 Å². The van der Waals surface area contributed by atoms with Crippen molar-refractivity contribution in [1.29, 1.82) is 0 Å². The Morgan fingerprint density at radius 3 is 2.70 bits per heavy atom. The first-order chi connectivity index (χ1) is 10.7. The van der Waals surface area contributed by atoms with Gasteiger partial charge in [-0.2, -0.15) is 0 Å². The molecule has 7 heteroatoms. The molecule has 2 unspecified atom stereocenters. The van der Waals surface area contributed by atoms with Gasteiger partial charge >= 0.3 is 0 Å². The van der Waals surface area contributed by atoms with Crippen LogP contribution in [0.5, 0.6) is 0 Å². The Labute approximate surface area is 135 Å². The smallest absolute Gasteiger partial charge is 0.292 e. The van der Waals surface area contributed by atoms with Crippen LogP contribution < -0.4 is 5.73 Å². The van der Waals surface area contributed by atoms with Crippen molar-refractivity contribution in [3.8, 4) is 0 Å². The Morgan fingerprint density at radius 1 is 1.52 bits per heavy atom. The molecule has 1 fully saturated rings. The van der Waals surface area contributed by atoms with E-state index >= 15 is 0 Å². The zero-order valence-electron chi connectivity index (χ0n) is 13.9. The number of amides is 1. The largest absolute Gasteiger partial charge is 0.393 e. The van der Waals surface area contributed by atoms with Gasteiger partial charge in [-0.15, -0.1) is 0 Å². The number of nitrogens with zero attached hydrogens (tertiary/aromatic N) is 2. The first-order valence-corrected chi connectivity index (χ1v) is 7.62. The maximum absolute atomic E-state index is 12.6. The third kappa shape index (κ3) is 3.01. The Hall–Kier alpha value is -2.15. The van der Waals surface area contributed by atoms with Gasteiger partial charge in [-0.1, -0.05) is 13.8 Å². The van der Waals surface area contributed by atoms with Crippen LogP contribution in [-0.4, -0.2) is 41.5 Å². The molecule has 0 spiro atoms. The molecule has 2 rings (SSSR count). The first-order valence-electron chi connectivity index (χ1n) is 7.62. The fourth-order valence-electron chi connectivity index (χ4n) is 3.19. The van der Waals surface area contributed by atoms with Crippen molar-refractivity contribution in [3.63, 3.8) is 0 Å². The number of nitrogens with two attached hydrogens (primary N) is 1. The van der Waals surface area contributed by atoms with Crippen LogP contribution in [0.2, 0.25) is 0 Å². The molecule has 1 aromatic rings. The zero-order chi connectivity index (χ0) is 17.4. The highest BCUT2D eigenvalue weighted by atomic mass is 16.6. The summed E-state index contributed by atoms with van der Waals surface area (Å²) in [4.78, 5) is 24.7. The molecule has 0 saturated heterocycles. The predicted octanol–water partition coefficient (Wildman–Crippen LogP) is 2.45. The van der Waals surface area contributed by atoms with Gasteiger partial charge in [0.25, 0.3) is 11.6 Å². The van der Waals surface area contributed by atoms with E-state index < -0.39 is 4.92 Å². The van der Waals surface area contributed by atoms with E-state index in [4.69, 9.17) is 10.5 Å². The molecular weight excluding hydrogens is 298 g/mol. The SMILES string of the molecule is CCOC1CC(N(C)C(=O)c2ccc(N)c([N+](=O)[O-])c2)C1(C)C. The van der Waals surface area contributed by atoms with Gasteiger partial charge in [0.15, 0.2) is 0 Å². The summed E-state index contributed by atoms with van der Waals surface area (Å²) in [6.45, 7) is 6.72. The summed E-state index contributed by atoms with van der Waals surface area (Å²) in [5.74, 6) is -0.249. The second kappa shape index (κ2) is 6.16. The number of carbonyl (C=O) groups excluding carboxylic acids is 1. The van der Waals surface area contributed by atoms with Crippen molar-refractivity contribution in [1.82, 2.24) is 4.90 Å². The number of nitro groups is 1. The minimum atomic E-state index is -0.579. The lowest BCUT2D eigenvalue weighted by Crippen LogP contribution is -2.62. The summed E-state index contributed by atoms with van der Waals surface area (Å²) in [5.41, 5.74) is 5.49. The second-order valence-electron chi connectivity index (χ2n) is 6.46. The lowest BCUT2D eigenvalue weighted by atomic mass is 9.63. The summed E-state index contributed by atoms with van der Waals surface area (Å²) in [7, 11) is 1.72. The highest BCUT2D eigenvalue weighted by molar-refractivity contribution is 5.95. The topological polar surface area (TPSA) is 98.7 Å². The van der Waals surface area contributed by atoms with Gasteiger partial charge in [0.2, 0.25) is 0 Å². The number of benzene rings is 1. The molecule has 2 N–H and O–H groups in total. The van der Waals surface area contributed by atoms with Crippen molar-refractivity contribution >= 4 is 17.3 Å². The molecule has 1 aliphatic carbocycles. The molecule has 0 radical (unpaired) electrons. The van der Waals surface area contributed by atoms with Crippen molar-refractivity contribution < 1.29 is 14.5 Å². The Bertz CT molecular complexity index is 630. The fourth-order valence-corrected chi connectivity index (χ4v) is 3.19. The van der Waals surface area contributed by atoms with Crippen LogP contribution in [-0.2, 0) is 4.74 Å². The number of ether oxygens (including phenoxy) is 1. The van der Waals surface area contributed by atoms with Crippen molar-refractivity contribution in [2.24, 2.45) is 5.41 Å². The molecule has 126 valence electrons. The van der Waals surface area contributed by atoms with E-state index in [0.29, 0.717) is 6.61 Å². The number of rotatable bonds is 5. The standard InChI is InChI=1S/C16H23N3O4/c1-5-23-14-9-13(16(14,2)3)18(4)15(20)10-6-7-11(17)12(8-10)19(21)22/h6-8,13-14H,5,9,17H2,1-4H3. The normalized spacial score (nSPS) is 22.3. The molecule has 0 heterocycles. The van der Waals surface area contributed by atoms with Crippen LogP contribution in [0.25, 0.3) is 0 Å². The van der Waals surface area contributed by atoms with Crippen molar-refractivity contribution in [3.05, 3.63) is 33.9 Å². The summed E-state index contributed by atoms with van der Waals surface area (Å²) in [6, 6.07) is 4.18. The zero-order valence-corrected chi connectivity index (χ0v) is 13.9. The van der Waals surface area contributed by atoms with Gasteiger partial charge in [0.1, 0.15) is 5.69 Å². The Balaban J connectivity index is 2.18. The lowest BCUT2D eigenvalue weighted by molar-refractivity contribution is -0.383. The molecule has 2 atom stereocenters. The van der Waals surface area contributed by atoms with Crippen molar-refractivity contribution in [2.75, 3.05) is 19.4 Å². The number of nitro benzene ring substituents is 1. The maximum Gasteiger partial charge on any atom is 0.292 e. The monoisotopic (exact) mass is 321 g/mol. The maximum atomic E-state index is 12.6. The minimum absolute atomic E-state index is 0.0307. The Kier molecular flexibility index (Phi) is 4.61. The van der Waals surface area contributed by atoms with Gasteiger partial charge in [0.05, 0.1) is 11.0 Å². The molecule has 1 saturated carbocycles. The number of nitrogen functional groups attached to an aromatic ring is 1. The summed E-state index contributed by atoms with van der Waals surface area (Å²) in [6.07, 6.45) is 0.883. The highest BCUT2D eigenvalue weighted by Crippen LogP contribution is 2.45. The van der Waals surface area contributed by atoms with E-state index in [9.17, 15) is 14.9 Å². The van der Waals surface area contributed by atoms with Crippen molar-refractivity contribution in [2.45, 2.75) is 39.3 Å².